The fourth-order valence-electron chi connectivity index (χ4n) is 5.69. The van der Waals surface area contributed by atoms with Gasteiger partial charge in [0.2, 0.25) is 10.0 Å². The molecule has 3 aliphatic rings. The molecule has 0 N–H and O–H groups in total. The Kier molecular flexibility index (Phi) is 4.43. The lowest BCUT2D eigenvalue weighted by Crippen LogP contribution is -2.37. The van der Waals surface area contributed by atoms with Crippen LogP contribution in [0.2, 0.25) is 0 Å². The summed E-state index contributed by atoms with van der Waals surface area (Å²) in [5, 5.41) is 0. The van der Waals surface area contributed by atoms with Crippen LogP contribution in [-0.4, -0.2) is 48.4 Å². The molecule has 148 valence electrons. The van der Waals surface area contributed by atoms with Gasteiger partial charge < -0.3 is 4.90 Å². The Morgan fingerprint density at radius 2 is 1.85 bits per heavy atom. The average molecular weight is 391 g/mol. The largest absolute Gasteiger partial charge is 0.335 e. The van der Waals surface area contributed by atoms with E-state index in [4.69, 9.17) is 0 Å². The smallest absolute Gasteiger partial charge is 0.254 e. The summed E-state index contributed by atoms with van der Waals surface area (Å²) in [5.74, 6) is 0.358. The second-order valence-electron chi connectivity index (χ2n) is 9.85. The van der Waals surface area contributed by atoms with Gasteiger partial charge in [-0.15, -0.1) is 0 Å². The summed E-state index contributed by atoms with van der Waals surface area (Å²) in [5.41, 5.74) is 2.16. The van der Waals surface area contributed by atoms with Crippen LogP contribution in [0.15, 0.2) is 24.3 Å². The summed E-state index contributed by atoms with van der Waals surface area (Å²) < 4.78 is 25.5. The van der Waals surface area contributed by atoms with Crippen LogP contribution in [0.5, 0.6) is 0 Å². The number of hydrogen-bond acceptors (Lipinski definition) is 3. The molecule has 1 aromatic rings. The lowest BCUT2D eigenvalue weighted by atomic mass is 9.65. The van der Waals surface area contributed by atoms with Crippen LogP contribution >= 0.6 is 0 Å². The van der Waals surface area contributed by atoms with Crippen molar-refractivity contribution in [2.75, 3.05) is 18.8 Å². The SMILES string of the molecule is CC1(C)C[C@@H]2CC(C)(CN2C(=O)c2ccc(CN3CCCS3(=O)=O)cc2)C1. The van der Waals surface area contributed by atoms with Gasteiger partial charge in [-0.25, -0.2) is 8.42 Å². The summed E-state index contributed by atoms with van der Waals surface area (Å²) in [6.07, 6.45) is 4.04. The maximum absolute atomic E-state index is 13.1. The summed E-state index contributed by atoms with van der Waals surface area (Å²) in [7, 11) is -3.09. The molecule has 0 aromatic heterocycles. The highest BCUT2D eigenvalue weighted by Gasteiger charge is 2.51. The third-order valence-electron chi connectivity index (χ3n) is 6.44. The van der Waals surface area contributed by atoms with E-state index in [9.17, 15) is 13.2 Å². The van der Waals surface area contributed by atoms with Crippen molar-refractivity contribution in [3.63, 3.8) is 0 Å². The van der Waals surface area contributed by atoms with Gasteiger partial charge in [-0.2, -0.15) is 4.31 Å². The number of sulfonamides is 1. The molecule has 3 fully saturated rings. The standard InChI is InChI=1S/C21H30N2O3S/c1-20(2)11-18-12-21(3,14-20)15-23(18)19(24)17-7-5-16(6-8-17)13-22-9-4-10-27(22,25)26/h5-8,18H,4,9-15H2,1-3H3/t18-,21?/m1/s1. The Morgan fingerprint density at radius 1 is 1.15 bits per heavy atom. The molecule has 2 atom stereocenters. The first-order chi connectivity index (χ1) is 12.6. The Balaban J connectivity index is 1.47. The number of nitrogens with zero attached hydrogens (tertiary/aromatic N) is 2. The van der Waals surface area contributed by atoms with Gasteiger partial charge in [0.05, 0.1) is 5.75 Å². The molecule has 2 heterocycles. The Morgan fingerprint density at radius 3 is 2.48 bits per heavy atom. The van der Waals surface area contributed by atoms with Crippen molar-refractivity contribution >= 4 is 15.9 Å². The molecule has 4 rings (SSSR count). The maximum atomic E-state index is 13.1. The highest BCUT2D eigenvalue weighted by atomic mass is 32.2. The van der Waals surface area contributed by atoms with Gasteiger partial charge in [0, 0.05) is 31.2 Å². The van der Waals surface area contributed by atoms with Crippen molar-refractivity contribution in [3.05, 3.63) is 35.4 Å². The summed E-state index contributed by atoms with van der Waals surface area (Å²) >= 11 is 0. The van der Waals surface area contributed by atoms with E-state index in [1.54, 1.807) is 0 Å². The first kappa shape index (κ1) is 18.9. The molecule has 1 saturated carbocycles. The zero-order valence-electron chi connectivity index (χ0n) is 16.6. The van der Waals surface area contributed by atoms with E-state index in [0.717, 1.165) is 24.9 Å². The average Bonchev–Trinajstić information content (AvgIpc) is 3.02. The van der Waals surface area contributed by atoms with Gasteiger partial charge in [0.1, 0.15) is 0 Å². The number of carbonyl (C=O) groups excluding carboxylic acids is 1. The molecule has 2 aliphatic heterocycles. The third kappa shape index (κ3) is 3.66. The molecule has 1 aliphatic carbocycles. The highest BCUT2D eigenvalue weighted by Crippen LogP contribution is 2.52. The first-order valence-corrected chi connectivity index (χ1v) is 11.6. The fourth-order valence-corrected chi connectivity index (χ4v) is 7.19. The van der Waals surface area contributed by atoms with Crippen molar-refractivity contribution < 1.29 is 13.2 Å². The minimum Gasteiger partial charge on any atom is -0.335 e. The predicted molar refractivity (Wildman–Crippen MR) is 106 cm³/mol. The summed E-state index contributed by atoms with van der Waals surface area (Å²) in [6.45, 7) is 8.77. The third-order valence-corrected chi connectivity index (χ3v) is 8.34. The van der Waals surface area contributed by atoms with Gasteiger partial charge in [0.15, 0.2) is 0 Å². The minimum absolute atomic E-state index is 0.113. The number of rotatable bonds is 3. The van der Waals surface area contributed by atoms with Crippen molar-refractivity contribution in [1.82, 2.24) is 9.21 Å². The van der Waals surface area contributed by atoms with E-state index in [1.807, 2.05) is 24.3 Å². The zero-order valence-corrected chi connectivity index (χ0v) is 17.4. The second-order valence-corrected chi connectivity index (χ2v) is 11.9. The monoisotopic (exact) mass is 390 g/mol. The minimum atomic E-state index is -3.09. The molecular formula is C21H30N2O3S. The molecule has 6 heteroatoms. The molecule has 0 spiro atoms. The number of amides is 1. The second kappa shape index (κ2) is 6.31. The molecule has 1 amide bonds. The van der Waals surface area contributed by atoms with Crippen LogP contribution in [0.25, 0.3) is 0 Å². The van der Waals surface area contributed by atoms with Gasteiger partial charge in [-0.1, -0.05) is 32.9 Å². The van der Waals surface area contributed by atoms with Crippen molar-refractivity contribution in [2.45, 2.75) is 59.0 Å². The van der Waals surface area contributed by atoms with Crippen LogP contribution in [-0.2, 0) is 16.6 Å². The Hall–Kier alpha value is -1.40. The van der Waals surface area contributed by atoms with E-state index in [-0.39, 0.29) is 22.5 Å². The van der Waals surface area contributed by atoms with Crippen LogP contribution < -0.4 is 0 Å². The van der Waals surface area contributed by atoms with Crippen molar-refractivity contribution in [1.29, 1.82) is 0 Å². The summed E-state index contributed by atoms with van der Waals surface area (Å²) in [4.78, 5) is 15.2. The molecule has 1 unspecified atom stereocenters. The lowest BCUT2D eigenvalue weighted by molar-refractivity contribution is 0.0708. The Labute approximate surface area is 162 Å². The normalized spacial score (nSPS) is 32.0. The molecule has 2 saturated heterocycles. The van der Waals surface area contributed by atoms with Crippen LogP contribution in [0.4, 0.5) is 0 Å². The highest BCUT2D eigenvalue weighted by molar-refractivity contribution is 7.89. The number of benzene rings is 1. The van der Waals surface area contributed by atoms with E-state index >= 15 is 0 Å². The van der Waals surface area contributed by atoms with Crippen molar-refractivity contribution in [3.8, 4) is 0 Å². The molecule has 0 radical (unpaired) electrons. The summed E-state index contributed by atoms with van der Waals surface area (Å²) in [6, 6.07) is 7.84. The lowest BCUT2D eigenvalue weighted by Gasteiger charge is -2.39. The van der Waals surface area contributed by atoms with Crippen LogP contribution in [0.3, 0.4) is 0 Å². The molecule has 5 nitrogen and oxygen atoms in total. The fraction of sp³-hybridized carbons (Fsp3) is 0.667. The topological polar surface area (TPSA) is 57.7 Å². The first-order valence-electron chi connectivity index (χ1n) is 9.95. The van der Waals surface area contributed by atoms with E-state index < -0.39 is 10.0 Å². The number of fused-ring (bicyclic) bond motifs is 2. The van der Waals surface area contributed by atoms with E-state index in [2.05, 4.69) is 25.7 Å². The van der Waals surface area contributed by atoms with Gasteiger partial charge in [-0.05, 0) is 54.2 Å². The molecular weight excluding hydrogens is 360 g/mol. The molecule has 2 bridgehead atoms. The quantitative estimate of drug-likeness (QED) is 0.796. The maximum Gasteiger partial charge on any atom is 0.254 e. The van der Waals surface area contributed by atoms with Crippen molar-refractivity contribution in [2.24, 2.45) is 10.8 Å². The van der Waals surface area contributed by atoms with Gasteiger partial charge in [-0.3, -0.25) is 4.79 Å². The number of hydrogen-bond donors (Lipinski definition) is 0. The van der Waals surface area contributed by atoms with Crippen LogP contribution in [0, 0.1) is 10.8 Å². The van der Waals surface area contributed by atoms with E-state index in [1.165, 1.54) is 10.7 Å². The van der Waals surface area contributed by atoms with E-state index in [0.29, 0.717) is 31.1 Å². The predicted octanol–water partition coefficient (Wildman–Crippen LogP) is 3.26. The number of likely N-dealkylation sites (tertiary alicyclic amines) is 1. The molecule has 1 aromatic carbocycles. The molecule has 27 heavy (non-hydrogen) atoms. The number of carbonyl (C=O) groups is 1. The van der Waals surface area contributed by atoms with Crippen LogP contribution in [0.1, 0.15) is 62.4 Å². The zero-order chi connectivity index (χ0) is 19.4. The Bertz CT molecular complexity index is 847. The van der Waals surface area contributed by atoms with Gasteiger partial charge in [0.25, 0.3) is 5.91 Å². The van der Waals surface area contributed by atoms with Gasteiger partial charge >= 0.3 is 0 Å².